The summed E-state index contributed by atoms with van der Waals surface area (Å²) < 4.78 is 0. The highest BCUT2D eigenvalue weighted by molar-refractivity contribution is 5.94. The number of para-hydroxylation sites is 1. The number of H-pyrrole nitrogens is 1. The zero-order chi connectivity index (χ0) is 16.1. The van der Waals surface area contributed by atoms with Gasteiger partial charge in [0.1, 0.15) is 0 Å². The summed E-state index contributed by atoms with van der Waals surface area (Å²) in [5, 5.41) is 4.18. The highest BCUT2D eigenvalue weighted by atomic mass is 16.1. The summed E-state index contributed by atoms with van der Waals surface area (Å²) >= 11 is 0. The van der Waals surface area contributed by atoms with Crippen molar-refractivity contribution in [1.82, 2.24) is 10.3 Å². The molecule has 3 nitrogen and oxygen atoms in total. The molecule has 0 spiro atoms. The fraction of sp³-hybridized carbons (Fsp3) is 0.150. The van der Waals surface area contributed by atoms with Gasteiger partial charge in [-0.3, -0.25) is 4.79 Å². The fourth-order valence-corrected chi connectivity index (χ4v) is 2.69. The summed E-state index contributed by atoms with van der Waals surface area (Å²) in [5.74, 6) is -0.0498. The van der Waals surface area contributed by atoms with Crippen LogP contribution in [0.15, 0.2) is 66.9 Å². The third kappa shape index (κ3) is 3.69. The van der Waals surface area contributed by atoms with Crippen molar-refractivity contribution in [2.45, 2.75) is 13.3 Å². The number of fused-ring (bicyclic) bond motifs is 1. The monoisotopic (exact) mass is 304 g/mol. The van der Waals surface area contributed by atoms with Gasteiger partial charge in [0.25, 0.3) is 0 Å². The van der Waals surface area contributed by atoms with E-state index in [0.717, 1.165) is 23.1 Å². The minimum absolute atomic E-state index is 0.0498. The molecule has 0 aliphatic rings. The SMILES string of the molecule is C/C(=C\C(=O)NCCc1c[nH]c2ccccc12)c1ccccc1. The topological polar surface area (TPSA) is 44.9 Å². The van der Waals surface area contributed by atoms with Crippen molar-refractivity contribution in [3.8, 4) is 0 Å². The van der Waals surface area contributed by atoms with Gasteiger partial charge >= 0.3 is 0 Å². The molecule has 0 unspecified atom stereocenters. The van der Waals surface area contributed by atoms with Crippen LogP contribution in [0.4, 0.5) is 0 Å². The lowest BCUT2D eigenvalue weighted by Crippen LogP contribution is -2.23. The molecular weight excluding hydrogens is 284 g/mol. The number of aromatic amines is 1. The summed E-state index contributed by atoms with van der Waals surface area (Å²) in [5.41, 5.74) is 4.40. The number of benzene rings is 2. The molecule has 2 aromatic carbocycles. The highest BCUT2D eigenvalue weighted by Gasteiger charge is 2.04. The molecule has 0 aliphatic carbocycles. The van der Waals surface area contributed by atoms with Gasteiger partial charge in [-0.05, 0) is 36.1 Å². The molecule has 0 bridgehead atoms. The maximum Gasteiger partial charge on any atom is 0.244 e. The number of rotatable bonds is 5. The molecule has 0 saturated heterocycles. The van der Waals surface area contributed by atoms with Crippen LogP contribution < -0.4 is 5.32 Å². The Bertz CT molecular complexity index is 831. The molecule has 1 heterocycles. The Hall–Kier alpha value is -2.81. The van der Waals surface area contributed by atoms with Gasteiger partial charge in [0.05, 0.1) is 0 Å². The second-order valence-corrected chi connectivity index (χ2v) is 5.59. The van der Waals surface area contributed by atoms with Crippen molar-refractivity contribution < 1.29 is 4.79 Å². The molecule has 0 radical (unpaired) electrons. The van der Waals surface area contributed by atoms with Crippen LogP contribution in [0.2, 0.25) is 0 Å². The minimum Gasteiger partial charge on any atom is -0.361 e. The molecule has 116 valence electrons. The molecule has 3 heteroatoms. The second-order valence-electron chi connectivity index (χ2n) is 5.59. The number of nitrogens with one attached hydrogen (secondary N) is 2. The summed E-state index contributed by atoms with van der Waals surface area (Å²) in [4.78, 5) is 15.3. The Morgan fingerprint density at radius 2 is 1.83 bits per heavy atom. The Balaban J connectivity index is 1.57. The van der Waals surface area contributed by atoms with Crippen molar-refractivity contribution in [3.63, 3.8) is 0 Å². The maximum absolute atomic E-state index is 12.0. The van der Waals surface area contributed by atoms with Gasteiger partial charge in [0.15, 0.2) is 0 Å². The lowest BCUT2D eigenvalue weighted by Gasteiger charge is -2.04. The van der Waals surface area contributed by atoms with E-state index in [4.69, 9.17) is 0 Å². The Morgan fingerprint density at radius 3 is 2.65 bits per heavy atom. The Morgan fingerprint density at radius 1 is 1.09 bits per heavy atom. The average molecular weight is 304 g/mol. The maximum atomic E-state index is 12.0. The molecule has 0 aliphatic heterocycles. The van der Waals surface area contributed by atoms with Gasteiger partial charge in [-0.2, -0.15) is 0 Å². The molecule has 1 amide bonds. The molecule has 2 N–H and O–H groups in total. The van der Waals surface area contributed by atoms with Gasteiger partial charge < -0.3 is 10.3 Å². The van der Waals surface area contributed by atoms with Crippen LogP contribution in [0.1, 0.15) is 18.1 Å². The quantitative estimate of drug-likeness (QED) is 0.689. The smallest absolute Gasteiger partial charge is 0.244 e. The predicted octanol–water partition coefficient (Wildman–Crippen LogP) is 3.93. The summed E-state index contributed by atoms with van der Waals surface area (Å²) in [6, 6.07) is 18.1. The lowest BCUT2D eigenvalue weighted by molar-refractivity contribution is -0.116. The van der Waals surface area contributed by atoms with E-state index in [1.54, 1.807) is 6.08 Å². The average Bonchev–Trinajstić information content (AvgIpc) is 2.99. The number of amides is 1. The summed E-state index contributed by atoms with van der Waals surface area (Å²) in [7, 11) is 0. The third-order valence-electron chi connectivity index (χ3n) is 3.95. The van der Waals surface area contributed by atoms with Gasteiger partial charge in [0, 0.05) is 29.7 Å². The predicted molar refractivity (Wildman–Crippen MR) is 95.1 cm³/mol. The van der Waals surface area contributed by atoms with E-state index in [-0.39, 0.29) is 5.91 Å². The summed E-state index contributed by atoms with van der Waals surface area (Å²) in [6.07, 6.45) is 4.49. The van der Waals surface area contributed by atoms with E-state index in [0.29, 0.717) is 6.54 Å². The molecule has 23 heavy (non-hydrogen) atoms. The van der Waals surface area contributed by atoms with Crippen molar-refractivity contribution in [2.24, 2.45) is 0 Å². The molecule has 0 saturated carbocycles. The van der Waals surface area contributed by atoms with Gasteiger partial charge in [-0.15, -0.1) is 0 Å². The summed E-state index contributed by atoms with van der Waals surface area (Å²) in [6.45, 7) is 2.58. The van der Waals surface area contributed by atoms with E-state index in [9.17, 15) is 4.79 Å². The first kappa shape index (κ1) is 15.1. The molecule has 3 rings (SSSR count). The van der Waals surface area contributed by atoms with E-state index in [1.165, 1.54) is 10.9 Å². The zero-order valence-corrected chi connectivity index (χ0v) is 13.2. The van der Waals surface area contributed by atoms with Crippen molar-refractivity contribution in [3.05, 3.63) is 78.0 Å². The molecular formula is C20H20N2O. The van der Waals surface area contributed by atoms with Crippen LogP contribution in [0.5, 0.6) is 0 Å². The standard InChI is InChI=1S/C20H20N2O/c1-15(16-7-3-2-4-8-16)13-20(23)21-12-11-17-14-22-19-10-6-5-9-18(17)19/h2-10,13-14,22H,11-12H2,1H3,(H,21,23)/b15-13+. The zero-order valence-electron chi connectivity index (χ0n) is 13.2. The van der Waals surface area contributed by atoms with Gasteiger partial charge in [-0.25, -0.2) is 0 Å². The molecule has 0 fully saturated rings. The Labute approximate surface area is 136 Å². The van der Waals surface area contributed by atoms with E-state index < -0.39 is 0 Å². The third-order valence-corrected chi connectivity index (χ3v) is 3.95. The van der Waals surface area contributed by atoms with Crippen LogP contribution in [0, 0.1) is 0 Å². The number of hydrogen-bond acceptors (Lipinski definition) is 1. The van der Waals surface area contributed by atoms with Crippen LogP contribution in [0.25, 0.3) is 16.5 Å². The van der Waals surface area contributed by atoms with E-state index in [2.05, 4.69) is 22.4 Å². The van der Waals surface area contributed by atoms with E-state index in [1.807, 2.05) is 55.6 Å². The first-order valence-electron chi connectivity index (χ1n) is 7.80. The number of aromatic nitrogens is 1. The number of allylic oxidation sites excluding steroid dienone is 1. The number of carbonyl (C=O) groups is 1. The number of hydrogen-bond donors (Lipinski definition) is 2. The van der Waals surface area contributed by atoms with Crippen LogP contribution in [-0.2, 0) is 11.2 Å². The van der Waals surface area contributed by atoms with Crippen LogP contribution >= 0.6 is 0 Å². The van der Waals surface area contributed by atoms with Crippen LogP contribution in [0.3, 0.4) is 0 Å². The molecule has 3 aromatic rings. The first-order valence-corrected chi connectivity index (χ1v) is 7.80. The van der Waals surface area contributed by atoms with Crippen molar-refractivity contribution in [1.29, 1.82) is 0 Å². The molecule has 1 aromatic heterocycles. The van der Waals surface area contributed by atoms with Gasteiger partial charge in [-0.1, -0.05) is 48.5 Å². The normalized spacial score (nSPS) is 11.6. The number of carbonyl (C=O) groups excluding carboxylic acids is 1. The second kappa shape index (κ2) is 6.97. The fourth-order valence-electron chi connectivity index (χ4n) is 2.69. The van der Waals surface area contributed by atoms with E-state index >= 15 is 0 Å². The van der Waals surface area contributed by atoms with Crippen molar-refractivity contribution in [2.75, 3.05) is 6.54 Å². The Kier molecular flexibility index (Phi) is 4.57. The van der Waals surface area contributed by atoms with Gasteiger partial charge in [0.2, 0.25) is 5.91 Å². The van der Waals surface area contributed by atoms with Crippen LogP contribution in [-0.4, -0.2) is 17.4 Å². The highest BCUT2D eigenvalue weighted by Crippen LogP contribution is 2.17. The van der Waals surface area contributed by atoms with Crippen molar-refractivity contribution >= 4 is 22.4 Å². The first-order chi connectivity index (χ1) is 11.2. The molecule has 0 atom stereocenters. The largest absolute Gasteiger partial charge is 0.361 e. The lowest BCUT2D eigenvalue weighted by atomic mass is 10.1. The minimum atomic E-state index is -0.0498.